The molecule has 1 N–H and O–H groups in total. The number of alkyl halides is 1. The topological polar surface area (TPSA) is 37.8 Å². The maximum Gasteiger partial charge on any atom is 0.202 e. The summed E-state index contributed by atoms with van der Waals surface area (Å²) in [5.41, 5.74) is 0. The van der Waals surface area contributed by atoms with Crippen LogP contribution in [0.25, 0.3) is 0 Å². The second-order valence-corrected chi connectivity index (χ2v) is 4.88. The smallest absolute Gasteiger partial charge is 0.202 e. The second kappa shape index (κ2) is 4.45. The molecular formula is C9H14ClN3S. The van der Waals surface area contributed by atoms with Gasteiger partial charge in [-0.2, -0.15) is 4.37 Å². The van der Waals surface area contributed by atoms with Gasteiger partial charge in [0.2, 0.25) is 5.13 Å². The lowest BCUT2D eigenvalue weighted by Crippen LogP contribution is -2.15. The van der Waals surface area contributed by atoms with Crippen molar-refractivity contribution in [2.24, 2.45) is 0 Å². The maximum absolute atomic E-state index is 5.66. The Bertz CT molecular complexity index is 298. The van der Waals surface area contributed by atoms with Crippen LogP contribution >= 0.6 is 23.1 Å². The number of halogens is 1. The molecule has 1 aliphatic carbocycles. The highest BCUT2D eigenvalue weighted by Crippen LogP contribution is 2.39. The number of hydrogen-bond acceptors (Lipinski definition) is 4. The molecular weight excluding hydrogens is 218 g/mol. The standard InChI is InChI=1S/C9H14ClN3S/c1-6(4-5-10)11-9-12-8(13-14-9)7-2-3-7/h6-7H,2-5H2,1H3,(H,11,12,13). The molecule has 1 unspecified atom stereocenters. The lowest BCUT2D eigenvalue weighted by Gasteiger charge is -2.09. The first kappa shape index (κ1) is 10.2. The van der Waals surface area contributed by atoms with Gasteiger partial charge < -0.3 is 5.32 Å². The van der Waals surface area contributed by atoms with E-state index in [0.29, 0.717) is 17.8 Å². The van der Waals surface area contributed by atoms with Crippen molar-refractivity contribution in [1.29, 1.82) is 0 Å². The van der Waals surface area contributed by atoms with Crippen LogP contribution in [-0.4, -0.2) is 21.3 Å². The SMILES string of the molecule is CC(CCCl)Nc1nc(C2CC2)ns1. The van der Waals surface area contributed by atoms with E-state index in [1.165, 1.54) is 24.4 Å². The van der Waals surface area contributed by atoms with Crippen LogP contribution in [0.3, 0.4) is 0 Å². The zero-order valence-corrected chi connectivity index (χ0v) is 9.74. The molecule has 0 amide bonds. The fourth-order valence-electron chi connectivity index (χ4n) is 1.25. The molecule has 14 heavy (non-hydrogen) atoms. The first-order valence-electron chi connectivity index (χ1n) is 4.95. The normalized spacial score (nSPS) is 18.1. The summed E-state index contributed by atoms with van der Waals surface area (Å²) in [4.78, 5) is 4.45. The molecule has 0 bridgehead atoms. The third kappa shape index (κ3) is 2.58. The fraction of sp³-hybridized carbons (Fsp3) is 0.778. The molecule has 1 atom stereocenters. The van der Waals surface area contributed by atoms with Gasteiger partial charge in [0.15, 0.2) is 0 Å². The van der Waals surface area contributed by atoms with Gasteiger partial charge in [-0.15, -0.1) is 11.6 Å². The van der Waals surface area contributed by atoms with Gasteiger partial charge >= 0.3 is 0 Å². The molecule has 0 aromatic carbocycles. The van der Waals surface area contributed by atoms with Crippen molar-refractivity contribution < 1.29 is 0 Å². The summed E-state index contributed by atoms with van der Waals surface area (Å²) in [5.74, 6) is 2.35. The van der Waals surface area contributed by atoms with Crippen molar-refractivity contribution in [3.05, 3.63) is 5.82 Å². The molecule has 5 heteroatoms. The Morgan fingerprint density at radius 1 is 1.64 bits per heavy atom. The van der Waals surface area contributed by atoms with Crippen molar-refractivity contribution in [3.8, 4) is 0 Å². The summed E-state index contributed by atoms with van der Waals surface area (Å²) in [6.45, 7) is 2.11. The van der Waals surface area contributed by atoms with Gasteiger partial charge in [0.05, 0.1) is 0 Å². The molecule has 0 radical (unpaired) electrons. The van der Waals surface area contributed by atoms with Crippen molar-refractivity contribution in [1.82, 2.24) is 9.36 Å². The van der Waals surface area contributed by atoms with E-state index in [2.05, 4.69) is 21.6 Å². The predicted octanol–water partition coefficient (Wildman–Crippen LogP) is 2.84. The molecule has 1 heterocycles. The minimum absolute atomic E-state index is 0.382. The minimum Gasteiger partial charge on any atom is -0.358 e. The van der Waals surface area contributed by atoms with Crippen LogP contribution in [-0.2, 0) is 0 Å². The van der Waals surface area contributed by atoms with Crippen molar-refractivity contribution in [2.75, 3.05) is 11.2 Å². The minimum atomic E-state index is 0.382. The summed E-state index contributed by atoms with van der Waals surface area (Å²) >= 11 is 7.11. The third-order valence-electron chi connectivity index (χ3n) is 2.30. The number of hydrogen-bond donors (Lipinski definition) is 1. The van der Waals surface area contributed by atoms with Gasteiger partial charge in [-0.05, 0) is 26.2 Å². The van der Waals surface area contributed by atoms with Crippen LogP contribution in [0.1, 0.15) is 37.9 Å². The van der Waals surface area contributed by atoms with Gasteiger partial charge in [-0.25, -0.2) is 4.98 Å². The number of nitrogens with zero attached hydrogens (tertiary/aromatic N) is 2. The molecule has 0 saturated heterocycles. The third-order valence-corrected chi connectivity index (χ3v) is 3.17. The van der Waals surface area contributed by atoms with Crippen molar-refractivity contribution in [2.45, 2.75) is 38.1 Å². The van der Waals surface area contributed by atoms with Crippen LogP contribution in [0.2, 0.25) is 0 Å². The van der Waals surface area contributed by atoms with Gasteiger partial charge in [0.25, 0.3) is 0 Å². The summed E-state index contributed by atoms with van der Waals surface area (Å²) in [6, 6.07) is 0.382. The summed E-state index contributed by atoms with van der Waals surface area (Å²) in [7, 11) is 0. The maximum atomic E-state index is 5.66. The Balaban J connectivity index is 1.88. The predicted molar refractivity (Wildman–Crippen MR) is 60.3 cm³/mol. The first-order chi connectivity index (χ1) is 6.79. The number of rotatable bonds is 5. The van der Waals surface area contributed by atoms with Crippen LogP contribution in [0.15, 0.2) is 0 Å². The van der Waals surface area contributed by atoms with Gasteiger partial charge in [0.1, 0.15) is 5.82 Å². The fourth-order valence-corrected chi connectivity index (χ4v) is 2.33. The summed E-state index contributed by atoms with van der Waals surface area (Å²) in [6.07, 6.45) is 3.47. The highest BCUT2D eigenvalue weighted by atomic mass is 35.5. The molecule has 1 saturated carbocycles. The molecule has 0 spiro atoms. The van der Waals surface area contributed by atoms with Gasteiger partial charge in [-0.1, -0.05) is 0 Å². The van der Waals surface area contributed by atoms with E-state index in [4.69, 9.17) is 11.6 Å². The average molecular weight is 232 g/mol. The molecule has 2 rings (SSSR count). The molecule has 1 fully saturated rings. The van der Waals surface area contributed by atoms with E-state index >= 15 is 0 Å². The van der Waals surface area contributed by atoms with Crippen LogP contribution in [0.5, 0.6) is 0 Å². The molecule has 3 nitrogen and oxygen atoms in total. The van der Waals surface area contributed by atoms with E-state index < -0.39 is 0 Å². The van der Waals surface area contributed by atoms with E-state index in [1.54, 1.807) is 0 Å². The van der Waals surface area contributed by atoms with E-state index in [9.17, 15) is 0 Å². The highest BCUT2D eigenvalue weighted by molar-refractivity contribution is 7.09. The van der Waals surface area contributed by atoms with Gasteiger partial charge in [0, 0.05) is 29.4 Å². The molecule has 1 aromatic heterocycles. The number of anilines is 1. The highest BCUT2D eigenvalue weighted by Gasteiger charge is 2.27. The Morgan fingerprint density at radius 3 is 3.07 bits per heavy atom. The van der Waals surface area contributed by atoms with Gasteiger partial charge in [-0.3, -0.25) is 0 Å². The zero-order chi connectivity index (χ0) is 9.97. The second-order valence-electron chi connectivity index (χ2n) is 3.76. The lowest BCUT2D eigenvalue weighted by atomic mass is 10.3. The Labute approximate surface area is 93.1 Å². The van der Waals surface area contributed by atoms with E-state index in [-0.39, 0.29) is 0 Å². The summed E-state index contributed by atoms with van der Waals surface area (Å²) in [5, 5.41) is 4.24. The molecule has 0 aliphatic heterocycles. The number of aromatic nitrogens is 2. The molecule has 1 aromatic rings. The van der Waals surface area contributed by atoms with Crippen LogP contribution in [0, 0.1) is 0 Å². The number of nitrogens with one attached hydrogen (secondary N) is 1. The lowest BCUT2D eigenvalue weighted by molar-refractivity contribution is 0.766. The average Bonchev–Trinajstić information content (AvgIpc) is 2.89. The van der Waals surface area contributed by atoms with Crippen molar-refractivity contribution in [3.63, 3.8) is 0 Å². The quantitative estimate of drug-likeness (QED) is 0.792. The first-order valence-corrected chi connectivity index (χ1v) is 6.26. The van der Waals surface area contributed by atoms with E-state index in [1.807, 2.05) is 0 Å². The Morgan fingerprint density at radius 2 is 2.43 bits per heavy atom. The Hall–Kier alpha value is -0.350. The summed E-state index contributed by atoms with van der Waals surface area (Å²) < 4.78 is 4.33. The largest absolute Gasteiger partial charge is 0.358 e. The van der Waals surface area contributed by atoms with E-state index in [0.717, 1.165) is 17.4 Å². The molecule has 78 valence electrons. The monoisotopic (exact) mass is 231 g/mol. The Kier molecular flexibility index (Phi) is 3.23. The van der Waals surface area contributed by atoms with Crippen LogP contribution in [0.4, 0.5) is 5.13 Å². The van der Waals surface area contributed by atoms with Crippen LogP contribution < -0.4 is 5.32 Å². The van der Waals surface area contributed by atoms with Crippen molar-refractivity contribution >= 4 is 28.3 Å². The zero-order valence-electron chi connectivity index (χ0n) is 8.16. The molecule has 1 aliphatic rings.